The van der Waals surface area contributed by atoms with Crippen molar-refractivity contribution in [2.75, 3.05) is 62.9 Å². The molecule has 0 radical (unpaired) electrons. The van der Waals surface area contributed by atoms with E-state index in [0.29, 0.717) is 88.4 Å². The van der Waals surface area contributed by atoms with Gasteiger partial charge in [0.25, 0.3) is 5.91 Å². The highest BCUT2D eigenvalue weighted by atomic mass is 16.5. The van der Waals surface area contributed by atoms with E-state index in [0.717, 1.165) is 18.6 Å². The average Bonchev–Trinajstić information content (AvgIpc) is 3.81. The highest BCUT2D eigenvalue weighted by Gasteiger charge is 2.53. The van der Waals surface area contributed by atoms with E-state index >= 15 is 0 Å². The molecule has 0 aliphatic carbocycles. The first-order chi connectivity index (χ1) is 23.0. The van der Waals surface area contributed by atoms with Gasteiger partial charge in [0, 0.05) is 43.3 Å². The summed E-state index contributed by atoms with van der Waals surface area (Å²) in [6.07, 6.45) is 6.76. The predicted molar refractivity (Wildman–Crippen MR) is 172 cm³/mol. The Balaban J connectivity index is 0.971. The van der Waals surface area contributed by atoms with Gasteiger partial charge in [0.2, 0.25) is 0 Å². The molecule has 248 valence electrons. The number of hydrogen-bond donors (Lipinski definition) is 2. The molecule has 0 bridgehead atoms. The number of carbonyl (C=O) groups is 3. The van der Waals surface area contributed by atoms with Crippen molar-refractivity contribution in [3.8, 4) is 11.3 Å². The van der Waals surface area contributed by atoms with Crippen molar-refractivity contribution in [2.24, 2.45) is 0 Å². The summed E-state index contributed by atoms with van der Waals surface area (Å²) in [5, 5.41) is 14.3. The summed E-state index contributed by atoms with van der Waals surface area (Å²) >= 11 is 0. The van der Waals surface area contributed by atoms with Crippen molar-refractivity contribution in [1.82, 2.24) is 34.6 Å². The number of ether oxygens (including phenoxy) is 3. The van der Waals surface area contributed by atoms with Crippen molar-refractivity contribution in [2.45, 2.75) is 38.3 Å². The third-order valence-electron chi connectivity index (χ3n) is 8.21. The summed E-state index contributed by atoms with van der Waals surface area (Å²) in [6.45, 7) is 6.57. The number of piperidine rings is 1. The van der Waals surface area contributed by atoms with Crippen LogP contribution >= 0.6 is 0 Å². The Morgan fingerprint density at radius 3 is 2.51 bits per heavy atom. The van der Waals surface area contributed by atoms with Crippen molar-refractivity contribution < 1.29 is 28.6 Å². The zero-order valence-electron chi connectivity index (χ0n) is 26.3. The number of benzene rings is 1. The molecule has 0 saturated carbocycles. The van der Waals surface area contributed by atoms with E-state index in [1.165, 1.54) is 4.90 Å². The number of rotatable bonds is 14. The third kappa shape index (κ3) is 7.26. The molecule has 47 heavy (non-hydrogen) atoms. The Labute approximate surface area is 271 Å². The number of imide groups is 1. The van der Waals surface area contributed by atoms with Gasteiger partial charge in [0.05, 0.1) is 45.8 Å². The number of pyridine rings is 1. The van der Waals surface area contributed by atoms with Gasteiger partial charge in [-0.2, -0.15) is 0 Å². The van der Waals surface area contributed by atoms with Crippen LogP contribution in [0, 0.1) is 0 Å². The number of fused-ring (bicyclic) bond motifs is 1. The van der Waals surface area contributed by atoms with Crippen molar-refractivity contribution in [3.63, 3.8) is 0 Å². The standard InChI is InChI=1S/C32H39N9O6/c1-2-16-45-18-20-47-21-19-46-17-15-39-23-26(36-37-39)24-5-3-6-25(22-24)34-30(43)38-12-9-32(10-13-38)29(42)41(31(44)35-32)28-8-4-7-27-33-11-14-40(27)28/h3-8,11,14,22-23H,2,9-10,12-13,15-21H2,1H3,(H,34,43)(H,35,44). The van der Waals surface area contributed by atoms with Gasteiger partial charge in [-0.05, 0) is 43.5 Å². The number of hydrogen-bond acceptors (Lipinski definition) is 9. The number of aromatic nitrogens is 5. The Morgan fingerprint density at radius 1 is 0.979 bits per heavy atom. The molecule has 2 N–H and O–H groups in total. The third-order valence-corrected chi connectivity index (χ3v) is 8.21. The summed E-state index contributed by atoms with van der Waals surface area (Å²) in [5.74, 6) is 0.103. The van der Waals surface area contributed by atoms with Crippen molar-refractivity contribution in [1.29, 1.82) is 0 Å². The number of nitrogens with one attached hydrogen (secondary N) is 2. The predicted octanol–water partition coefficient (Wildman–Crippen LogP) is 3.18. The van der Waals surface area contributed by atoms with Crippen LogP contribution in [0.3, 0.4) is 0 Å². The average molecular weight is 646 g/mol. The van der Waals surface area contributed by atoms with E-state index in [-0.39, 0.29) is 11.9 Å². The van der Waals surface area contributed by atoms with Gasteiger partial charge in [0.15, 0.2) is 0 Å². The second kappa shape index (κ2) is 14.7. The molecule has 2 fully saturated rings. The maximum atomic E-state index is 13.6. The first-order valence-electron chi connectivity index (χ1n) is 15.9. The lowest BCUT2D eigenvalue weighted by Crippen LogP contribution is -2.56. The molecule has 5 amide bonds. The highest BCUT2D eigenvalue weighted by molar-refractivity contribution is 6.23. The molecule has 6 rings (SSSR count). The second-order valence-corrected chi connectivity index (χ2v) is 11.4. The topological polar surface area (TPSA) is 157 Å². The van der Waals surface area contributed by atoms with Crippen molar-refractivity contribution in [3.05, 3.63) is 61.1 Å². The van der Waals surface area contributed by atoms with Crippen molar-refractivity contribution >= 4 is 35.1 Å². The number of likely N-dealkylation sites (tertiary alicyclic amines) is 1. The Kier molecular flexibility index (Phi) is 10.0. The van der Waals surface area contributed by atoms with Gasteiger partial charge < -0.3 is 29.7 Å². The van der Waals surface area contributed by atoms with Crippen LogP contribution in [0.5, 0.6) is 0 Å². The van der Waals surface area contributed by atoms with Crippen LogP contribution in [0.25, 0.3) is 16.9 Å². The lowest BCUT2D eigenvalue weighted by molar-refractivity contribution is -0.123. The molecule has 15 heteroatoms. The molecular weight excluding hydrogens is 606 g/mol. The molecule has 3 aromatic heterocycles. The van der Waals surface area contributed by atoms with Gasteiger partial charge in [0.1, 0.15) is 22.7 Å². The first-order valence-corrected chi connectivity index (χ1v) is 15.9. The largest absolute Gasteiger partial charge is 0.379 e. The zero-order valence-corrected chi connectivity index (χ0v) is 26.3. The fourth-order valence-corrected chi connectivity index (χ4v) is 5.72. The molecule has 0 atom stereocenters. The maximum absolute atomic E-state index is 13.6. The molecule has 2 aliphatic rings. The number of amides is 5. The number of nitrogens with zero attached hydrogens (tertiary/aromatic N) is 7. The molecule has 15 nitrogen and oxygen atoms in total. The SMILES string of the molecule is CCCOCCOCCOCCn1cc(-c2cccc(NC(=O)N3CCC4(CC3)NC(=O)N(c3cccc5nccn35)C4=O)c2)nn1. The molecule has 5 heterocycles. The van der Waals surface area contributed by atoms with Crippen LogP contribution in [0.15, 0.2) is 61.1 Å². The Hall–Kier alpha value is -4.86. The van der Waals surface area contributed by atoms with Crippen LogP contribution in [-0.2, 0) is 25.5 Å². The minimum absolute atomic E-state index is 0.285. The van der Waals surface area contributed by atoms with E-state index in [1.807, 2.05) is 24.4 Å². The summed E-state index contributed by atoms with van der Waals surface area (Å²) in [7, 11) is 0. The van der Waals surface area contributed by atoms with Crippen LogP contribution in [0.4, 0.5) is 21.1 Å². The number of imidazole rings is 1. The molecule has 2 aliphatic heterocycles. The number of urea groups is 2. The molecule has 2 saturated heterocycles. The lowest BCUT2D eigenvalue weighted by atomic mass is 9.87. The van der Waals surface area contributed by atoms with Crippen LogP contribution < -0.4 is 15.5 Å². The summed E-state index contributed by atoms with van der Waals surface area (Å²) in [6, 6.07) is 11.9. The van der Waals surface area contributed by atoms with Gasteiger partial charge in [-0.1, -0.05) is 30.3 Å². The van der Waals surface area contributed by atoms with E-state index in [4.69, 9.17) is 14.2 Å². The zero-order chi connectivity index (χ0) is 32.6. The fourth-order valence-electron chi connectivity index (χ4n) is 5.72. The molecule has 1 spiro atoms. The number of carbonyl (C=O) groups excluding carboxylic acids is 3. The normalized spacial score (nSPS) is 15.9. The van der Waals surface area contributed by atoms with Crippen LogP contribution in [0.2, 0.25) is 0 Å². The van der Waals surface area contributed by atoms with Gasteiger partial charge in [-0.25, -0.2) is 24.2 Å². The molecule has 0 unspecified atom stereocenters. The quantitative estimate of drug-likeness (QED) is 0.155. The minimum Gasteiger partial charge on any atom is -0.379 e. The second-order valence-electron chi connectivity index (χ2n) is 11.4. The smallest absolute Gasteiger partial charge is 0.330 e. The summed E-state index contributed by atoms with van der Waals surface area (Å²) in [5.41, 5.74) is 1.65. The van der Waals surface area contributed by atoms with Crippen LogP contribution in [-0.4, -0.2) is 106 Å². The van der Waals surface area contributed by atoms with E-state index < -0.39 is 11.6 Å². The van der Waals surface area contributed by atoms with E-state index in [9.17, 15) is 14.4 Å². The Bertz CT molecular complexity index is 1700. The number of anilines is 2. The van der Waals surface area contributed by atoms with Gasteiger partial charge in [-0.3, -0.25) is 9.20 Å². The van der Waals surface area contributed by atoms with E-state index in [2.05, 4.69) is 32.9 Å². The Morgan fingerprint density at radius 2 is 1.72 bits per heavy atom. The monoisotopic (exact) mass is 645 g/mol. The highest BCUT2D eigenvalue weighted by Crippen LogP contribution is 2.33. The minimum atomic E-state index is -1.06. The summed E-state index contributed by atoms with van der Waals surface area (Å²) < 4.78 is 19.9. The molecule has 4 aromatic rings. The maximum Gasteiger partial charge on any atom is 0.330 e. The lowest BCUT2D eigenvalue weighted by Gasteiger charge is -2.37. The van der Waals surface area contributed by atoms with E-state index in [1.54, 1.807) is 50.6 Å². The molecular formula is C32H39N9O6. The summed E-state index contributed by atoms with van der Waals surface area (Å²) in [4.78, 5) is 46.9. The van der Waals surface area contributed by atoms with Gasteiger partial charge >= 0.3 is 12.1 Å². The molecule has 1 aromatic carbocycles. The van der Waals surface area contributed by atoms with Gasteiger partial charge in [-0.15, -0.1) is 5.10 Å². The first kappa shape index (κ1) is 32.1. The fraction of sp³-hybridized carbons (Fsp3) is 0.438. The van der Waals surface area contributed by atoms with Crippen LogP contribution in [0.1, 0.15) is 26.2 Å².